The van der Waals surface area contributed by atoms with E-state index in [9.17, 15) is 13.2 Å². The third-order valence-electron chi connectivity index (χ3n) is 2.78. The van der Waals surface area contributed by atoms with Crippen LogP contribution in [-0.2, 0) is 13.0 Å². The maximum Gasteiger partial charge on any atom is 0.401 e. The largest absolute Gasteiger partial charge is 0.401 e. The summed E-state index contributed by atoms with van der Waals surface area (Å²) in [6, 6.07) is 5.81. The van der Waals surface area contributed by atoms with Gasteiger partial charge in [0.05, 0.1) is 6.54 Å². The normalized spacial score (nSPS) is 14.9. The van der Waals surface area contributed by atoms with Crippen LogP contribution in [-0.4, -0.2) is 31.2 Å². The molecule has 1 aliphatic rings. The average Bonchev–Trinajstić information content (AvgIpc) is 2.61. The molecule has 0 bridgehead atoms. The molecule has 1 N–H and O–H groups in total. The second-order valence-electron chi connectivity index (χ2n) is 4.46. The molecule has 0 aromatic heterocycles. The van der Waals surface area contributed by atoms with Crippen molar-refractivity contribution in [3.05, 3.63) is 29.3 Å². The van der Waals surface area contributed by atoms with E-state index in [0.717, 1.165) is 24.2 Å². The highest BCUT2D eigenvalue weighted by atomic mass is 19.4. The van der Waals surface area contributed by atoms with Gasteiger partial charge >= 0.3 is 6.18 Å². The first-order valence-electron chi connectivity index (χ1n) is 5.55. The zero-order valence-electron chi connectivity index (χ0n) is 9.64. The monoisotopic (exact) mass is 244 g/mol. The molecule has 1 aliphatic heterocycles. The van der Waals surface area contributed by atoms with Crippen molar-refractivity contribution < 1.29 is 13.2 Å². The van der Waals surface area contributed by atoms with E-state index in [1.165, 1.54) is 17.5 Å². The number of hydrogen-bond donors (Lipinski definition) is 1. The van der Waals surface area contributed by atoms with Crippen LogP contribution < -0.4 is 5.32 Å². The Kier molecular flexibility index (Phi) is 3.28. The molecule has 0 radical (unpaired) electrons. The van der Waals surface area contributed by atoms with Crippen molar-refractivity contribution in [2.45, 2.75) is 19.1 Å². The standard InChI is InChI=1S/C12H15F3N2/c1-17(8-12(13,14)15)7-9-2-3-11-10(6-9)4-5-16-11/h2-3,6,16H,4-5,7-8H2,1H3. The van der Waals surface area contributed by atoms with Gasteiger partial charge in [0.25, 0.3) is 0 Å². The molecule has 17 heavy (non-hydrogen) atoms. The van der Waals surface area contributed by atoms with E-state index in [1.54, 1.807) is 0 Å². The lowest BCUT2D eigenvalue weighted by molar-refractivity contribution is -0.144. The quantitative estimate of drug-likeness (QED) is 0.879. The summed E-state index contributed by atoms with van der Waals surface area (Å²) in [5.74, 6) is 0. The minimum Gasteiger partial charge on any atom is -0.384 e. The molecule has 5 heteroatoms. The van der Waals surface area contributed by atoms with Gasteiger partial charge in [-0.2, -0.15) is 13.2 Å². The predicted molar refractivity (Wildman–Crippen MR) is 61.0 cm³/mol. The van der Waals surface area contributed by atoms with Crippen molar-refractivity contribution >= 4 is 5.69 Å². The lowest BCUT2D eigenvalue weighted by atomic mass is 10.1. The zero-order chi connectivity index (χ0) is 12.5. The van der Waals surface area contributed by atoms with Crippen LogP contribution in [0.2, 0.25) is 0 Å². The summed E-state index contributed by atoms with van der Waals surface area (Å²) in [4.78, 5) is 1.28. The zero-order valence-corrected chi connectivity index (χ0v) is 9.64. The van der Waals surface area contributed by atoms with E-state index in [2.05, 4.69) is 5.32 Å². The topological polar surface area (TPSA) is 15.3 Å². The summed E-state index contributed by atoms with van der Waals surface area (Å²) < 4.78 is 36.5. The van der Waals surface area contributed by atoms with Gasteiger partial charge in [0, 0.05) is 18.8 Å². The Hall–Kier alpha value is -1.23. The summed E-state index contributed by atoms with van der Waals surface area (Å²) >= 11 is 0. The number of halogens is 3. The van der Waals surface area contributed by atoms with Crippen molar-refractivity contribution in [1.29, 1.82) is 0 Å². The van der Waals surface area contributed by atoms with Gasteiger partial charge in [-0.3, -0.25) is 4.90 Å². The van der Waals surface area contributed by atoms with Gasteiger partial charge in [-0.25, -0.2) is 0 Å². The van der Waals surface area contributed by atoms with E-state index in [4.69, 9.17) is 0 Å². The molecule has 94 valence electrons. The van der Waals surface area contributed by atoms with Gasteiger partial charge in [0.15, 0.2) is 0 Å². The van der Waals surface area contributed by atoms with Crippen molar-refractivity contribution in [2.75, 3.05) is 25.5 Å². The smallest absolute Gasteiger partial charge is 0.384 e. The average molecular weight is 244 g/mol. The molecule has 0 amide bonds. The summed E-state index contributed by atoms with van der Waals surface area (Å²) in [6.45, 7) is 0.367. The molecule has 0 saturated carbocycles. The first-order chi connectivity index (χ1) is 7.94. The molecule has 1 aromatic rings. The van der Waals surface area contributed by atoms with E-state index in [0.29, 0.717) is 6.54 Å². The number of fused-ring (bicyclic) bond motifs is 1. The van der Waals surface area contributed by atoms with Gasteiger partial charge in [-0.1, -0.05) is 12.1 Å². The number of alkyl halides is 3. The summed E-state index contributed by atoms with van der Waals surface area (Å²) in [5.41, 5.74) is 3.23. The summed E-state index contributed by atoms with van der Waals surface area (Å²) in [6.07, 6.45) is -3.18. The van der Waals surface area contributed by atoms with Crippen molar-refractivity contribution in [2.24, 2.45) is 0 Å². The highest BCUT2D eigenvalue weighted by molar-refractivity contribution is 5.56. The molecule has 0 unspecified atom stereocenters. The van der Waals surface area contributed by atoms with Crippen molar-refractivity contribution in [1.82, 2.24) is 4.90 Å². The maximum absolute atomic E-state index is 12.2. The number of benzene rings is 1. The molecule has 2 nitrogen and oxygen atoms in total. The van der Waals surface area contributed by atoms with Crippen LogP contribution >= 0.6 is 0 Å². The first kappa shape index (κ1) is 12.2. The van der Waals surface area contributed by atoms with E-state index >= 15 is 0 Å². The number of nitrogens with one attached hydrogen (secondary N) is 1. The summed E-state index contributed by atoms with van der Waals surface area (Å²) in [7, 11) is 1.49. The molecule has 0 atom stereocenters. The molecule has 1 heterocycles. The Morgan fingerprint density at radius 1 is 1.35 bits per heavy atom. The van der Waals surface area contributed by atoms with Gasteiger partial charge in [0.1, 0.15) is 0 Å². The second-order valence-corrected chi connectivity index (χ2v) is 4.46. The van der Waals surface area contributed by atoms with Crippen LogP contribution in [0.4, 0.5) is 18.9 Å². The molecule has 1 aromatic carbocycles. The van der Waals surface area contributed by atoms with Crippen LogP contribution in [0.15, 0.2) is 18.2 Å². The Morgan fingerprint density at radius 3 is 2.82 bits per heavy atom. The molecule has 0 fully saturated rings. The Labute approximate surface area is 98.4 Å². The Morgan fingerprint density at radius 2 is 2.12 bits per heavy atom. The van der Waals surface area contributed by atoms with E-state index in [-0.39, 0.29) is 0 Å². The van der Waals surface area contributed by atoms with Crippen LogP contribution in [0.25, 0.3) is 0 Å². The molecule has 2 rings (SSSR count). The Bertz CT molecular complexity index is 401. The molecule has 0 aliphatic carbocycles. The van der Waals surface area contributed by atoms with Gasteiger partial charge in [0.2, 0.25) is 0 Å². The Balaban J connectivity index is 1.99. The van der Waals surface area contributed by atoms with Gasteiger partial charge < -0.3 is 5.32 Å². The fourth-order valence-electron chi connectivity index (χ4n) is 2.13. The van der Waals surface area contributed by atoms with Gasteiger partial charge in [-0.15, -0.1) is 0 Å². The van der Waals surface area contributed by atoms with Crippen molar-refractivity contribution in [3.8, 4) is 0 Å². The second kappa shape index (κ2) is 4.56. The minimum atomic E-state index is -4.13. The minimum absolute atomic E-state index is 0.326. The van der Waals surface area contributed by atoms with Crippen LogP contribution in [0.1, 0.15) is 11.1 Å². The number of hydrogen-bond acceptors (Lipinski definition) is 2. The highest BCUT2D eigenvalue weighted by Crippen LogP contribution is 2.24. The lowest BCUT2D eigenvalue weighted by Crippen LogP contribution is -2.30. The van der Waals surface area contributed by atoms with Crippen LogP contribution in [0, 0.1) is 0 Å². The third kappa shape index (κ3) is 3.36. The van der Waals surface area contributed by atoms with Crippen LogP contribution in [0.5, 0.6) is 0 Å². The molecular weight excluding hydrogens is 229 g/mol. The highest BCUT2D eigenvalue weighted by Gasteiger charge is 2.29. The number of nitrogens with zero attached hydrogens (tertiary/aromatic N) is 1. The molecule has 0 saturated heterocycles. The van der Waals surface area contributed by atoms with E-state index in [1.807, 2.05) is 18.2 Å². The van der Waals surface area contributed by atoms with E-state index < -0.39 is 12.7 Å². The molecule has 0 spiro atoms. The summed E-state index contributed by atoms with van der Waals surface area (Å²) in [5, 5.41) is 3.23. The molecular formula is C12H15F3N2. The number of anilines is 1. The van der Waals surface area contributed by atoms with Crippen molar-refractivity contribution in [3.63, 3.8) is 0 Å². The predicted octanol–water partition coefficient (Wildman–Crippen LogP) is 2.65. The maximum atomic E-state index is 12.2. The van der Waals surface area contributed by atoms with Crippen LogP contribution in [0.3, 0.4) is 0 Å². The van der Waals surface area contributed by atoms with Gasteiger partial charge in [-0.05, 0) is 30.7 Å². The SMILES string of the molecule is CN(Cc1ccc2c(c1)CCN2)CC(F)(F)F. The fourth-order valence-corrected chi connectivity index (χ4v) is 2.13. The fraction of sp³-hybridized carbons (Fsp3) is 0.500. The first-order valence-corrected chi connectivity index (χ1v) is 5.55. The number of rotatable bonds is 3. The third-order valence-corrected chi connectivity index (χ3v) is 2.78. The lowest BCUT2D eigenvalue weighted by Gasteiger charge is -2.18.